The monoisotopic (exact) mass is 568 g/mol. The van der Waals surface area contributed by atoms with E-state index in [1.54, 1.807) is 0 Å². The van der Waals surface area contributed by atoms with E-state index in [1.807, 2.05) is 27.2 Å². The number of unbranched alkanes of at least 4 members (excludes halogenated alkanes) is 3. The summed E-state index contributed by atoms with van der Waals surface area (Å²) < 4.78 is 23.0. The van der Waals surface area contributed by atoms with Gasteiger partial charge in [-0.25, -0.2) is 4.57 Å². The van der Waals surface area contributed by atoms with Crippen molar-refractivity contribution in [2.24, 2.45) is 11.3 Å². The van der Waals surface area contributed by atoms with E-state index in [9.17, 15) is 14.6 Å². The molecule has 40 heavy (non-hydrogen) atoms. The zero-order chi connectivity index (χ0) is 28.8. The maximum atomic E-state index is 12.1. The Morgan fingerprint density at radius 1 is 0.975 bits per heavy atom. The lowest BCUT2D eigenvalue weighted by Crippen LogP contribution is -2.37. The summed E-state index contributed by atoms with van der Waals surface area (Å²) in [7, 11) is 2.01. The Balaban J connectivity index is 1.39. The molecule has 0 aliphatic heterocycles. The van der Waals surface area contributed by atoms with Gasteiger partial charge in [-0.3, -0.25) is 9.05 Å². The topological polar surface area (TPSA) is 76.0 Å². The van der Waals surface area contributed by atoms with Crippen molar-refractivity contribution in [3.05, 3.63) is 83.9 Å². The van der Waals surface area contributed by atoms with Gasteiger partial charge in [0.15, 0.2) is 0 Å². The summed E-state index contributed by atoms with van der Waals surface area (Å²) in [5, 5.41) is 11.1. The largest absolute Gasteiger partial charge is 0.472 e. The van der Waals surface area contributed by atoms with E-state index in [0.717, 1.165) is 56.1 Å². The minimum absolute atomic E-state index is 0.148. The van der Waals surface area contributed by atoms with Crippen molar-refractivity contribution in [1.82, 2.24) is 0 Å². The molecule has 4 unspecified atom stereocenters. The molecule has 0 aromatic heterocycles. The number of rotatable bonds is 15. The van der Waals surface area contributed by atoms with Crippen LogP contribution in [0.1, 0.15) is 62.5 Å². The molecule has 0 spiro atoms. The molecule has 1 fully saturated rings. The molecule has 0 amide bonds. The molecular formula is C33H47NO5P+. The first-order valence-corrected chi connectivity index (χ1v) is 16.2. The molecule has 0 saturated heterocycles. The number of fused-ring (bicyclic) bond motifs is 1. The van der Waals surface area contributed by atoms with Gasteiger partial charge in [0.1, 0.15) is 13.2 Å². The first-order chi connectivity index (χ1) is 19.0. The number of aliphatic hydroxyl groups is 1. The molecule has 2 aromatic carbocycles. The number of phosphoric ester groups is 1. The number of phosphoric acid groups is 1. The molecule has 2 N–H and O–H groups in total. The molecule has 1 saturated carbocycles. The minimum atomic E-state index is -4.00. The number of allylic oxidation sites excluding steroid dienone is 3. The number of quaternary nitrogens is 1. The van der Waals surface area contributed by atoms with Crippen LogP contribution in [0.4, 0.5) is 0 Å². The van der Waals surface area contributed by atoms with E-state index in [4.69, 9.17) is 9.05 Å². The van der Waals surface area contributed by atoms with Gasteiger partial charge in [0.25, 0.3) is 0 Å². The van der Waals surface area contributed by atoms with Crippen molar-refractivity contribution in [3.8, 4) is 0 Å². The van der Waals surface area contributed by atoms with E-state index in [0.29, 0.717) is 17.4 Å². The number of aliphatic hydroxyl groups excluding tert-OH is 1. The van der Waals surface area contributed by atoms with E-state index in [-0.39, 0.29) is 30.7 Å². The quantitative estimate of drug-likeness (QED) is 0.136. The Kier molecular flexibility index (Phi) is 10.3. The Morgan fingerprint density at radius 2 is 1.60 bits per heavy atom. The van der Waals surface area contributed by atoms with Crippen LogP contribution in [-0.2, 0) is 13.6 Å². The van der Waals surface area contributed by atoms with Gasteiger partial charge in [-0.2, -0.15) is 0 Å². The highest BCUT2D eigenvalue weighted by Crippen LogP contribution is 2.66. The second-order valence-electron chi connectivity index (χ2n) is 12.4. The molecule has 0 heterocycles. The fraction of sp³-hybridized carbons (Fsp3) is 0.515. The van der Waals surface area contributed by atoms with Crippen LogP contribution in [0.15, 0.2) is 72.8 Å². The van der Waals surface area contributed by atoms with Crippen molar-refractivity contribution in [3.63, 3.8) is 0 Å². The molecular weight excluding hydrogens is 521 g/mol. The van der Waals surface area contributed by atoms with Crippen LogP contribution >= 0.6 is 7.82 Å². The van der Waals surface area contributed by atoms with Crippen LogP contribution in [-0.4, -0.2) is 61.5 Å². The van der Waals surface area contributed by atoms with Crippen LogP contribution in [0.3, 0.4) is 0 Å². The van der Waals surface area contributed by atoms with Crippen LogP contribution in [0.2, 0.25) is 0 Å². The Morgan fingerprint density at radius 3 is 2.27 bits per heavy atom. The molecule has 2 aliphatic rings. The molecule has 7 heteroatoms. The number of hydrogen-bond acceptors (Lipinski definition) is 4. The lowest BCUT2D eigenvalue weighted by Gasteiger charge is -2.37. The van der Waals surface area contributed by atoms with Crippen molar-refractivity contribution < 1.29 is 28.1 Å². The van der Waals surface area contributed by atoms with Crippen molar-refractivity contribution in [2.45, 2.75) is 57.5 Å². The summed E-state index contributed by atoms with van der Waals surface area (Å²) in [6, 6.07) is 21.1. The molecule has 0 bridgehead atoms. The maximum absolute atomic E-state index is 12.1. The normalized spacial score (nSPS) is 24.2. The van der Waals surface area contributed by atoms with Crippen LogP contribution in [0, 0.1) is 11.3 Å². The molecule has 2 aromatic rings. The summed E-state index contributed by atoms with van der Waals surface area (Å²) in [5.41, 5.74) is 6.08. The highest BCUT2D eigenvalue weighted by atomic mass is 31.2. The van der Waals surface area contributed by atoms with Crippen LogP contribution < -0.4 is 0 Å². The molecule has 6 nitrogen and oxygen atoms in total. The predicted molar refractivity (Wildman–Crippen MR) is 162 cm³/mol. The van der Waals surface area contributed by atoms with Crippen molar-refractivity contribution >= 4 is 19.0 Å². The third kappa shape index (κ3) is 7.42. The smallest absolute Gasteiger partial charge is 0.393 e. The highest BCUT2D eigenvalue weighted by molar-refractivity contribution is 7.47. The first-order valence-electron chi connectivity index (χ1n) is 14.7. The fourth-order valence-corrected chi connectivity index (χ4v) is 7.30. The number of nitrogens with zero attached hydrogens (tertiary/aromatic N) is 1. The first kappa shape index (κ1) is 30.9. The van der Waals surface area contributed by atoms with Gasteiger partial charge in [-0.05, 0) is 60.8 Å². The average Bonchev–Trinajstić information content (AvgIpc) is 3.42. The highest BCUT2D eigenvalue weighted by Gasteiger charge is 2.56. The second kappa shape index (κ2) is 13.3. The molecule has 218 valence electrons. The molecule has 0 radical (unpaired) electrons. The van der Waals surface area contributed by atoms with Crippen LogP contribution in [0.25, 0.3) is 11.1 Å². The van der Waals surface area contributed by atoms with Crippen molar-refractivity contribution in [1.29, 1.82) is 0 Å². The van der Waals surface area contributed by atoms with Gasteiger partial charge in [-0.1, -0.05) is 85.7 Å². The standard InChI is InChI=1S/C33H46NO5P/c1-26(27-15-10-7-11-16-27)33-21-20-31(35)30(33)25-29(32(33)28-17-12-8-13-18-28)19-9-5-6-14-23-38-40(36,37)39-24-22-34(2,3)4/h7-8,10-13,15-18,30-31,35H,1,5-6,9,14,19-25H2,2-4H3/p+1. The lowest BCUT2D eigenvalue weighted by molar-refractivity contribution is -0.870. The second-order valence-corrected chi connectivity index (χ2v) is 13.8. The SMILES string of the molecule is C=C(c1ccccc1)C12CCC(O)C1CC(CCCCCCOP(=O)(O)OCC[N+](C)(C)C)=C2c1ccccc1. The van der Waals surface area contributed by atoms with Gasteiger partial charge >= 0.3 is 7.82 Å². The summed E-state index contributed by atoms with van der Waals surface area (Å²) in [6.45, 7) is 5.68. The molecule has 2 aliphatic carbocycles. The van der Waals surface area contributed by atoms with Crippen LogP contribution in [0.5, 0.6) is 0 Å². The number of benzene rings is 2. The average molecular weight is 569 g/mol. The summed E-state index contributed by atoms with van der Waals surface area (Å²) in [4.78, 5) is 9.92. The lowest BCUT2D eigenvalue weighted by atomic mass is 9.66. The number of likely N-dealkylation sites (N-methyl/N-ethyl adjacent to an activating group) is 1. The molecule has 4 rings (SSSR count). The zero-order valence-corrected chi connectivity index (χ0v) is 25.3. The zero-order valence-electron chi connectivity index (χ0n) is 24.4. The van der Waals surface area contributed by atoms with Gasteiger partial charge in [0.05, 0.1) is 33.9 Å². The Hall–Kier alpha value is -2.05. The van der Waals surface area contributed by atoms with Gasteiger partial charge in [0, 0.05) is 11.3 Å². The summed E-state index contributed by atoms with van der Waals surface area (Å²) in [5.74, 6) is 0.148. The van der Waals surface area contributed by atoms with Gasteiger partial charge < -0.3 is 14.5 Å². The summed E-state index contributed by atoms with van der Waals surface area (Å²) in [6.07, 6.45) is 6.93. The summed E-state index contributed by atoms with van der Waals surface area (Å²) >= 11 is 0. The minimum Gasteiger partial charge on any atom is -0.393 e. The maximum Gasteiger partial charge on any atom is 0.472 e. The number of hydrogen-bond donors (Lipinski definition) is 2. The Bertz CT molecular complexity index is 1210. The predicted octanol–water partition coefficient (Wildman–Crippen LogP) is 7.10. The third-order valence-electron chi connectivity index (χ3n) is 8.56. The van der Waals surface area contributed by atoms with E-state index in [1.165, 1.54) is 16.7 Å². The van der Waals surface area contributed by atoms with E-state index >= 15 is 0 Å². The van der Waals surface area contributed by atoms with Gasteiger partial charge in [-0.15, -0.1) is 0 Å². The Labute approximate surface area is 240 Å². The van der Waals surface area contributed by atoms with Crippen molar-refractivity contribution in [2.75, 3.05) is 40.9 Å². The van der Waals surface area contributed by atoms with E-state index in [2.05, 4.69) is 61.2 Å². The molecule has 4 atom stereocenters. The van der Waals surface area contributed by atoms with Gasteiger partial charge in [0.2, 0.25) is 0 Å². The fourth-order valence-electron chi connectivity index (χ4n) is 6.55. The van der Waals surface area contributed by atoms with E-state index < -0.39 is 7.82 Å². The third-order valence-corrected chi connectivity index (χ3v) is 9.58.